The van der Waals surface area contributed by atoms with Crippen molar-refractivity contribution in [2.45, 2.75) is 32.2 Å². The summed E-state index contributed by atoms with van der Waals surface area (Å²) in [6, 6.07) is 13.2. The van der Waals surface area contributed by atoms with Crippen LogP contribution in [-0.4, -0.2) is 0 Å². The third kappa shape index (κ3) is 2.53. The van der Waals surface area contributed by atoms with Crippen LogP contribution in [0.2, 0.25) is 0 Å². The Hall–Kier alpha value is -1.16. The Morgan fingerprint density at radius 2 is 1.75 bits per heavy atom. The van der Waals surface area contributed by atoms with Gasteiger partial charge in [0.1, 0.15) is 0 Å². The van der Waals surface area contributed by atoms with Crippen LogP contribution < -0.4 is 5.73 Å². The fraction of sp³-hybridized carbons (Fsp3) is 0.294. The van der Waals surface area contributed by atoms with Gasteiger partial charge in [-0.1, -0.05) is 38.1 Å². The molecule has 104 valence electrons. The van der Waals surface area contributed by atoms with Gasteiger partial charge < -0.3 is 5.73 Å². The van der Waals surface area contributed by atoms with E-state index < -0.39 is 0 Å². The van der Waals surface area contributed by atoms with Crippen LogP contribution in [0.1, 0.15) is 48.2 Å². The van der Waals surface area contributed by atoms with Crippen molar-refractivity contribution < 1.29 is 0 Å². The summed E-state index contributed by atoms with van der Waals surface area (Å²) >= 11 is 3.59. The minimum Gasteiger partial charge on any atom is -0.320 e. The molecule has 2 unspecified atom stereocenters. The summed E-state index contributed by atoms with van der Waals surface area (Å²) in [5.74, 6) is 0.618. The van der Waals surface area contributed by atoms with Crippen LogP contribution in [0.25, 0.3) is 9.40 Å². The summed E-state index contributed by atoms with van der Waals surface area (Å²) in [5, 5.41) is 2.14. The highest BCUT2D eigenvalue weighted by molar-refractivity contribution is 7.27. The predicted molar refractivity (Wildman–Crippen MR) is 90.9 cm³/mol. The Kier molecular flexibility index (Phi) is 3.92. The number of hydrogen-bond acceptors (Lipinski definition) is 3. The van der Waals surface area contributed by atoms with E-state index in [9.17, 15) is 0 Å². The molecular formula is C17H19NS2. The smallest absolute Gasteiger partial charge is 0.0646 e. The average Bonchev–Trinajstić information content (AvgIpc) is 3.07. The minimum atomic E-state index is -0.00872. The second kappa shape index (κ2) is 5.68. The van der Waals surface area contributed by atoms with Crippen molar-refractivity contribution in [3.8, 4) is 0 Å². The highest BCUT2D eigenvalue weighted by Crippen LogP contribution is 2.35. The highest BCUT2D eigenvalue weighted by Gasteiger charge is 2.13. The second-order valence-electron chi connectivity index (χ2n) is 5.25. The lowest BCUT2D eigenvalue weighted by Crippen LogP contribution is -2.10. The van der Waals surface area contributed by atoms with Gasteiger partial charge >= 0.3 is 0 Å². The zero-order valence-corrected chi connectivity index (χ0v) is 13.4. The lowest BCUT2D eigenvalue weighted by Gasteiger charge is -2.13. The van der Waals surface area contributed by atoms with E-state index in [0.717, 1.165) is 0 Å². The van der Waals surface area contributed by atoms with E-state index in [4.69, 9.17) is 5.73 Å². The molecule has 0 spiro atoms. The zero-order chi connectivity index (χ0) is 14.1. The molecular weight excluding hydrogens is 282 g/mol. The molecule has 1 aromatic carbocycles. The van der Waals surface area contributed by atoms with E-state index in [2.05, 4.69) is 55.6 Å². The van der Waals surface area contributed by atoms with Crippen LogP contribution in [-0.2, 0) is 0 Å². The number of nitrogens with two attached hydrogens (primary N) is 1. The molecule has 0 aliphatic carbocycles. The molecule has 0 saturated heterocycles. The maximum Gasteiger partial charge on any atom is 0.0646 e. The van der Waals surface area contributed by atoms with Gasteiger partial charge in [-0.05, 0) is 41.0 Å². The molecule has 2 heterocycles. The van der Waals surface area contributed by atoms with Gasteiger partial charge in [0.05, 0.1) is 6.04 Å². The van der Waals surface area contributed by atoms with Crippen LogP contribution in [0.4, 0.5) is 0 Å². The molecule has 3 rings (SSSR count). The molecule has 2 aromatic heterocycles. The fourth-order valence-corrected chi connectivity index (χ4v) is 4.52. The van der Waals surface area contributed by atoms with E-state index >= 15 is 0 Å². The monoisotopic (exact) mass is 301 g/mol. The highest BCUT2D eigenvalue weighted by atomic mass is 32.1. The normalized spacial score (nSPS) is 14.6. The summed E-state index contributed by atoms with van der Waals surface area (Å²) in [6.07, 6.45) is 1.17. The first kappa shape index (κ1) is 13.8. The summed E-state index contributed by atoms with van der Waals surface area (Å²) in [5.41, 5.74) is 9.01. The molecule has 3 aromatic rings. The van der Waals surface area contributed by atoms with Crippen molar-refractivity contribution >= 4 is 32.1 Å². The Bertz CT molecular complexity index is 665. The van der Waals surface area contributed by atoms with Gasteiger partial charge in [-0.25, -0.2) is 0 Å². The van der Waals surface area contributed by atoms with Crippen LogP contribution >= 0.6 is 22.7 Å². The standard InChI is InChI=1S/C17H19NS2/c1-3-11(2)12-4-6-13(7-5-12)17(18)16-10-15-14(20-16)8-9-19-15/h4-11,17H,3,18H2,1-2H3. The summed E-state index contributed by atoms with van der Waals surface area (Å²) < 4.78 is 2.69. The lowest BCUT2D eigenvalue weighted by molar-refractivity contribution is 0.732. The van der Waals surface area contributed by atoms with Gasteiger partial charge in [-0.3, -0.25) is 0 Å². The third-order valence-corrected chi connectivity index (χ3v) is 6.12. The maximum atomic E-state index is 6.41. The van der Waals surface area contributed by atoms with Crippen molar-refractivity contribution in [1.29, 1.82) is 0 Å². The van der Waals surface area contributed by atoms with Crippen LogP contribution in [0, 0.1) is 0 Å². The third-order valence-electron chi connectivity index (χ3n) is 3.94. The van der Waals surface area contributed by atoms with Crippen molar-refractivity contribution in [1.82, 2.24) is 0 Å². The number of thiophene rings is 2. The number of fused-ring (bicyclic) bond motifs is 1. The van der Waals surface area contributed by atoms with E-state index in [1.807, 2.05) is 11.3 Å². The first-order valence-electron chi connectivity index (χ1n) is 7.01. The maximum absolute atomic E-state index is 6.41. The second-order valence-corrected chi connectivity index (χ2v) is 7.31. The molecule has 20 heavy (non-hydrogen) atoms. The first-order chi connectivity index (χ1) is 9.69. The molecule has 0 aliphatic rings. The quantitative estimate of drug-likeness (QED) is 0.674. The van der Waals surface area contributed by atoms with Crippen molar-refractivity contribution in [2.75, 3.05) is 0 Å². The number of hydrogen-bond donors (Lipinski definition) is 1. The largest absolute Gasteiger partial charge is 0.320 e. The van der Waals surface area contributed by atoms with E-state index in [0.29, 0.717) is 5.92 Å². The van der Waals surface area contributed by atoms with E-state index in [-0.39, 0.29) is 6.04 Å². The van der Waals surface area contributed by atoms with E-state index in [1.54, 1.807) is 11.3 Å². The Balaban J connectivity index is 1.86. The molecule has 0 bridgehead atoms. The van der Waals surface area contributed by atoms with E-state index in [1.165, 1.54) is 31.8 Å². The first-order valence-corrected chi connectivity index (χ1v) is 8.71. The Labute approximate surface area is 128 Å². The van der Waals surface area contributed by atoms with Crippen molar-refractivity contribution in [3.63, 3.8) is 0 Å². The van der Waals surface area contributed by atoms with Crippen LogP contribution in [0.15, 0.2) is 41.8 Å². The average molecular weight is 301 g/mol. The number of benzene rings is 1. The summed E-state index contributed by atoms with van der Waals surface area (Å²) in [4.78, 5) is 1.25. The van der Waals surface area contributed by atoms with Crippen LogP contribution in [0.5, 0.6) is 0 Å². The van der Waals surface area contributed by atoms with Gasteiger partial charge in [-0.2, -0.15) is 0 Å². The van der Waals surface area contributed by atoms with Gasteiger partial charge in [0.25, 0.3) is 0 Å². The Morgan fingerprint density at radius 3 is 2.40 bits per heavy atom. The molecule has 0 radical (unpaired) electrons. The number of rotatable bonds is 4. The summed E-state index contributed by atoms with van der Waals surface area (Å²) in [6.45, 7) is 4.49. The minimum absolute atomic E-state index is 0.00872. The Morgan fingerprint density at radius 1 is 1.05 bits per heavy atom. The van der Waals surface area contributed by atoms with Gasteiger partial charge in [0, 0.05) is 14.3 Å². The molecule has 2 N–H and O–H groups in total. The summed E-state index contributed by atoms with van der Waals surface area (Å²) in [7, 11) is 0. The van der Waals surface area contributed by atoms with Gasteiger partial charge in [0.15, 0.2) is 0 Å². The SMILES string of the molecule is CCC(C)c1ccc(C(N)c2cc3sccc3s2)cc1. The molecule has 0 amide bonds. The molecule has 1 nitrogen and oxygen atoms in total. The van der Waals surface area contributed by atoms with Crippen LogP contribution in [0.3, 0.4) is 0 Å². The molecule has 0 aliphatic heterocycles. The zero-order valence-electron chi connectivity index (χ0n) is 11.8. The topological polar surface area (TPSA) is 26.0 Å². The predicted octanol–water partition coefficient (Wildman–Crippen LogP) is 5.52. The fourth-order valence-electron chi connectivity index (χ4n) is 2.37. The molecule has 2 atom stereocenters. The molecule has 3 heteroatoms. The molecule has 0 fully saturated rings. The molecule has 0 saturated carbocycles. The van der Waals surface area contributed by atoms with Crippen molar-refractivity contribution in [3.05, 3.63) is 57.8 Å². The lowest BCUT2D eigenvalue weighted by atomic mass is 9.96. The van der Waals surface area contributed by atoms with Gasteiger partial charge in [-0.15, -0.1) is 22.7 Å². The van der Waals surface area contributed by atoms with Gasteiger partial charge in [0.2, 0.25) is 0 Å². The van der Waals surface area contributed by atoms with Crippen molar-refractivity contribution in [2.24, 2.45) is 5.73 Å².